The first-order chi connectivity index (χ1) is 16.3. The van der Waals surface area contributed by atoms with Gasteiger partial charge in [-0.05, 0) is 48.7 Å². The summed E-state index contributed by atoms with van der Waals surface area (Å²) < 4.78 is 34.2. The molecule has 1 saturated heterocycles. The third kappa shape index (κ3) is 5.04. The zero-order chi connectivity index (χ0) is 24.3. The minimum atomic E-state index is -3.69. The monoisotopic (exact) mass is 500 g/mol. The topological polar surface area (TPSA) is 75.6 Å². The fourth-order valence-corrected chi connectivity index (χ4v) is 5.78. The van der Waals surface area contributed by atoms with Gasteiger partial charge in [-0.1, -0.05) is 49.7 Å². The molecule has 2 heterocycles. The Hall–Kier alpha value is -2.68. The Morgan fingerprint density at radius 3 is 2.35 bits per heavy atom. The lowest BCUT2D eigenvalue weighted by molar-refractivity contribution is 0.327. The molecule has 0 atom stereocenters. The Labute approximate surface area is 206 Å². The number of aromatic nitrogens is 2. The van der Waals surface area contributed by atoms with Gasteiger partial charge in [0.15, 0.2) is 5.82 Å². The van der Waals surface area contributed by atoms with Crippen molar-refractivity contribution < 1.29 is 13.2 Å². The fraction of sp³-hybridized carbons (Fsp3) is 0.360. The van der Waals surface area contributed by atoms with E-state index in [9.17, 15) is 8.42 Å². The van der Waals surface area contributed by atoms with Crippen LogP contribution in [0, 0.1) is 0 Å². The summed E-state index contributed by atoms with van der Waals surface area (Å²) in [6.45, 7) is 8.09. The fourth-order valence-electron chi connectivity index (χ4n) is 3.96. The number of nitrogens with zero attached hydrogens (tertiary/aromatic N) is 4. The van der Waals surface area contributed by atoms with Crippen LogP contribution >= 0.6 is 11.6 Å². The molecule has 1 aliphatic rings. The summed E-state index contributed by atoms with van der Waals surface area (Å²) in [6.07, 6.45) is 0. The average Bonchev–Trinajstić information content (AvgIpc) is 2.85. The molecule has 2 aromatic carbocycles. The number of hydrogen-bond acceptors (Lipinski definition) is 6. The zero-order valence-corrected chi connectivity index (χ0v) is 21.2. The largest absolute Gasteiger partial charge is 0.492 e. The van der Waals surface area contributed by atoms with Crippen LogP contribution in [0.2, 0.25) is 5.02 Å². The van der Waals surface area contributed by atoms with Crippen molar-refractivity contribution >= 4 is 27.4 Å². The highest BCUT2D eigenvalue weighted by Gasteiger charge is 2.32. The second-order valence-corrected chi connectivity index (χ2v) is 10.8. The summed E-state index contributed by atoms with van der Waals surface area (Å²) in [6, 6.07) is 16.7. The summed E-state index contributed by atoms with van der Waals surface area (Å²) in [5, 5.41) is 9.32. The molecule has 1 fully saturated rings. The van der Waals surface area contributed by atoms with Gasteiger partial charge in [0.05, 0.1) is 17.3 Å². The molecule has 0 aliphatic carbocycles. The SMILES string of the molecule is CCOc1ccc(C(C)C)cc1S(=O)(=O)N1CCN(c2ccc(-c3ccccc3Cl)nn2)CC1. The maximum atomic E-state index is 13.5. The minimum absolute atomic E-state index is 0.216. The Morgan fingerprint density at radius 1 is 1.00 bits per heavy atom. The van der Waals surface area contributed by atoms with E-state index >= 15 is 0 Å². The highest BCUT2D eigenvalue weighted by molar-refractivity contribution is 7.89. The Balaban J connectivity index is 1.49. The molecule has 0 spiro atoms. The molecule has 3 aromatic rings. The van der Waals surface area contributed by atoms with Gasteiger partial charge in [-0.25, -0.2) is 8.42 Å². The molecule has 4 rings (SSSR count). The normalized spacial score (nSPS) is 15.0. The molecule has 7 nitrogen and oxygen atoms in total. The number of rotatable bonds is 7. The summed E-state index contributed by atoms with van der Waals surface area (Å²) in [5.74, 6) is 1.33. The smallest absolute Gasteiger partial charge is 0.246 e. The lowest BCUT2D eigenvalue weighted by atomic mass is 10.0. The van der Waals surface area contributed by atoms with Gasteiger partial charge in [-0.3, -0.25) is 0 Å². The van der Waals surface area contributed by atoms with Crippen LogP contribution in [0.3, 0.4) is 0 Å². The quantitative estimate of drug-likeness (QED) is 0.462. The number of ether oxygens (including phenoxy) is 1. The van der Waals surface area contributed by atoms with E-state index < -0.39 is 10.0 Å². The molecule has 0 N–H and O–H groups in total. The van der Waals surface area contributed by atoms with Crippen LogP contribution in [0.25, 0.3) is 11.3 Å². The van der Waals surface area contributed by atoms with Crippen molar-refractivity contribution in [2.75, 3.05) is 37.7 Å². The third-order valence-corrected chi connectivity index (χ3v) is 8.16. The van der Waals surface area contributed by atoms with Crippen molar-refractivity contribution in [3.8, 4) is 17.0 Å². The Kier molecular flexibility index (Phi) is 7.40. The lowest BCUT2D eigenvalue weighted by Gasteiger charge is -2.34. The van der Waals surface area contributed by atoms with E-state index in [1.807, 2.05) is 68.1 Å². The van der Waals surface area contributed by atoms with Crippen molar-refractivity contribution in [3.63, 3.8) is 0 Å². The number of piperazine rings is 1. The van der Waals surface area contributed by atoms with Crippen LogP contribution in [-0.2, 0) is 10.0 Å². The van der Waals surface area contributed by atoms with Crippen molar-refractivity contribution in [1.29, 1.82) is 0 Å². The van der Waals surface area contributed by atoms with Crippen LogP contribution in [-0.4, -0.2) is 55.7 Å². The van der Waals surface area contributed by atoms with Crippen LogP contribution in [0.5, 0.6) is 5.75 Å². The molecule has 9 heteroatoms. The van der Waals surface area contributed by atoms with Crippen LogP contribution < -0.4 is 9.64 Å². The van der Waals surface area contributed by atoms with Crippen molar-refractivity contribution in [2.45, 2.75) is 31.6 Å². The lowest BCUT2D eigenvalue weighted by Crippen LogP contribution is -2.49. The molecule has 1 aliphatic heterocycles. The first kappa shape index (κ1) is 24.4. The van der Waals surface area contributed by atoms with Gasteiger partial charge in [-0.15, -0.1) is 10.2 Å². The average molecular weight is 501 g/mol. The van der Waals surface area contributed by atoms with E-state index in [0.717, 1.165) is 11.1 Å². The number of hydrogen-bond donors (Lipinski definition) is 0. The predicted octanol–water partition coefficient (Wildman–Crippen LogP) is 4.83. The molecule has 180 valence electrons. The first-order valence-corrected chi connectivity index (χ1v) is 13.2. The molecule has 0 saturated carbocycles. The molecule has 1 aromatic heterocycles. The van der Waals surface area contributed by atoms with Crippen molar-refractivity contribution in [3.05, 3.63) is 65.2 Å². The second-order valence-electron chi connectivity index (χ2n) is 8.44. The summed E-state index contributed by atoms with van der Waals surface area (Å²) in [7, 11) is -3.69. The number of anilines is 1. The van der Waals surface area contributed by atoms with Gasteiger partial charge in [0.2, 0.25) is 10.0 Å². The van der Waals surface area contributed by atoms with E-state index in [2.05, 4.69) is 10.2 Å². The van der Waals surface area contributed by atoms with Crippen LogP contribution in [0.4, 0.5) is 5.82 Å². The highest BCUT2D eigenvalue weighted by Crippen LogP contribution is 2.32. The summed E-state index contributed by atoms with van der Waals surface area (Å²) in [4.78, 5) is 2.28. The van der Waals surface area contributed by atoms with Crippen molar-refractivity contribution in [2.24, 2.45) is 0 Å². The number of halogens is 1. The van der Waals surface area contributed by atoms with Gasteiger partial charge in [0.25, 0.3) is 0 Å². The number of benzene rings is 2. The molecule has 0 radical (unpaired) electrons. The van der Waals surface area contributed by atoms with E-state index in [0.29, 0.717) is 55.1 Å². The van der Waals surface area contributed by atoms with Gasteiger partial charge >= 0.3 is 0 Å². The molecular weight excluding hydrogens is 472 g/mol. The Bertz CT molecular complexity index is 1240. The van der Waals surface area contributed by atoms with Gasteiger partial charge in [0, 0.05) is 31.7 Å². The minimum Gasteiger partial charge on any atom is -0.492 e. The van der Waals surface area contributed by atoms with Gasteiger partial charge < -0.3 is 9.64 Å². The van der Waals surface area contributed by atoms with E-state index in [1.54, 1.807) is 12.1 Å². The molecule has 0 amide bonds. The van der Waals surface area contributed by atoms with Crippen LogP contribution in [0.1, 0.15) is 32.3 Å². The van der Waals surface area contributed by atoms with Crippen LogP contribution in [0.15, 0.2) is 59.5 Å². The molecule has 0 unspecified atom stereocenters. The third-order valence-electron chi connectivity index (χ3n) is 5.92. The van der Waals surface area contributed by atoms with E-state index in [4.69, 9.17) is 16.3 Å². The molecule has 34 heavy (non-hydrogen) atoms. The maximum Gasteiger partial charge on any atom is 0.246 e. The zero-order valence-electron chi connectivity index (χ0n) is 19.6. The van der Waals surface area contributed by atoms with Crippen molar-refractivity contribution in [1.82, 2.24) is 14.5 Å². The van der Waals surface area contributed by atoms with E-state index in [1.165, 1.54) is 4.31 Å². The summed E-state index contributed by atoms with van der Waals surface area (Å²) >= 11 is 6.26. The predicted molar refractivity (Wildman–Crippen MR) is 135 cm³/mol. The number of sulfonamides is 1. The maximum absolute atomic E-state index is 13.5. The van der Waals surface area contributed by atoms with E-state index in [-0.39, 0.29) is 10.8 Å². The highest BCUT2D eigenvalue weighted by atomic mass is 35.5. The van der Waals surface area contributed by atoms with Gasteiger partial charge in [0.1, 0.15) is 10.6 Å². The second kappa shape index (κ2) is 10.3. The van der Waals surface area contributed by atoms with Gasteiger partial charge in [-0.2, -0.15) is 4.31 Å². The standard InChI is InChI=1S/C25H29ClN4O3S/c1-4-33-23-11-9-19(18(2)3)17-24(23)34(31,32)30-15-13-29(14-16-30)25-12-10-22(27-28-25)20-7-5-6-8-21(20)26/h5-12,17-18H,4,13-16H2,1-3H3. The first-order valence-electron chi connectivity index (χ1n) is 11.4. The Morgan fingerprint density at radius 2 is 1.74 bits per heavy atom. The summed E-state index contributed by atoms with van der Waals surface area (Å²) in [5.41, 5.74) is 2.49. The molecule has 0 bridgehead atoms. The molecular formula is C25H29ClN4O3S.